The van der Waals surface area contributed by atoms with Gasteiger partial charge in [-0.05, 0) is 58.0 Å². The van der Waals surface area contributed by atoms with E-state index in [1.54, 1.807) is 17.6 Å². The number of halogens is 1. The molecule has 0 atom stereocenters. The molecule has 2 aromatic heterocycles. The summed E-state index contributed by atoms with van der Waals surface area (Å²) in [4.78, 5) is 18.2. The first-order chi connectivity index (χ1) is 15.5. The lowest BCUT2D eigenvalue weighted by molar-refractivity contribution is -0.130. The SMILES string of the molecule is CC(=O)N1CCC(COc2nc3c(C4=Cc5ccccc5NC4)cnn3c(N)c2Br)CC1. The Morgan fingerprint density at radius 3 is 2.88 bits per heavy atom. The van der Waals surface area contributed by atoms with Crippen LogP contribution in [0.4, 0.5) is 11.5 Å². The van der Waals surface area contributed by atoms with Crippen LogP contribution >= 0.6 is 15.9 Å². The fourth-order valence-corrected chi connectivity index (χ4v) is 4.66. The van der Waals surface area contributed by atoms with Crippen molar-refractivity contribution in [2.24, 2.45) is 5.92 Å². The number of hydrogen-bond donors (Lipinski definition) is 2. The number of anilines is 2. The van der Waals surface area contributed by atoms with E-state index in [9.17, 15) is 4.79 Å². The summed E-state index contributed by atoms with van der Waals surface area (Å²) in [7, 11) is 0. The summed E-state index contributed by atoms with van der Waals surface area (Å²) in [5.74, 6) is 1.43. The van der Waals surface area contributed by atoms with E-state index in [-0.39, 0.29) is 5.91 Å². The number of nitrogens with one attached hydrogen (secondary N) is 1. The molecule has 32 heavy (non-hydrogen) atoms. The number of carbonyl (C=O) groups is 1. The molecule has 3 N–H and O–H groups in total. The number of benzene rings is 1. The molecule has 0 saturated carbocycles. The Bertz CT molecular complexity index is 1210. The topological polar surface area (TPSA) is 97.8 Å². The highest BCUT2D eigenvalue weighted by molar-refractivity contribution is 9.10. The van der Waals surface area contributed by atoms with Crippen molar-refractivity contribution in [3.8, 4) is 5.88 Å². The number of nitrogens with zero attached hydrogens (tertiary/aromatic N) is 4. The maximum Gasteiger partial charge on any atom is 0.233 e. The molecule has 2 aliphatic rings. The third kappa shape index (κ3) is 3.81. The minimum atomic E-state index is 0.134. The summed E-state index contributed by atoms with van der Waals surface area (Å²) >= 11 is 3.53. The maximum absolute atomic E-state index is 11.5. The van der Waals surface area contributed by atoms with E-state index in [0.717, 1.165) is 48.3 Å². The summed E-state index contributed by atoms with van der Waals surface area (Å²) < 4.78 is 8.35. The second-order valence-electron chi connectivity index (χ2n) is 8.28. The Morgan fingerprint density at radius 1 is 1.31 bits per heavy atom. The van der Waals surface area contributed by atoms with E-state index in [0.29, 0.717) is 40.9 Å². The van der Waals surface area contributed by atoms with Crippen molar-refractivity contribution in [2.75, 3.05) is 37.3 Å². The molecule has 8 nitrogen and oxygen atoms in total. The second-order valence-corrected chi connectivity index (χ2v) is 9.07. The van der Waals surface area contributed by atoms with Crippen LogP contribution in [-0.2, 0) is 4.79 Å². The van der Waals surface area contributed by atoms with Crippen LogP contribution in [0.1, 0.15) is 30.9 Å². The van der Waals surface area contributed by atoms with Crippen LogP contribution in [0.2, 0.25) is 0 Å². The van der Waals surface area contributed by atoms with E-state index >= 15 is 0 Å². The first-order valence-corrected chi connectivity index (χ1v) is 11.6. The molecule has 0 radical (unpaired) electrons. The van der Waals surface area contributed by atoms with Gasteiger partial charge in [-0.3, -0.25) is 4.79 Å². The van der Waals surface area contributed by atoms with Gasteiger partial charge in [-0.25, -0.2) is 0 Å². The van der Waals surface area contributed by atoms with Crippen LogP contribution < -0.4 is 15.8 Å². The van der Waals surface area contributed by atoms with Crippen molar-refractivity contribution < 1.29 is 9.53 Å². The van der Waals surface area contributed by atoms with Crippen LogP contribution in [0.25, 0.3) is 17.3 Å². The van der Waals surface area contributed by atoms with Crippen LogP contribution in [0.5, 0.6) is 5.88 Å². The molecule has 1 fully saturated rings. The predicted molar refractivity (Wildman–Crippen MR) is 128 cm³/mol. The fraction of sp³-hybridized carbons (Fsp3) is 0.348. The summed E-state index contributed by atoms with van der Waals surface area (Å²) in [6, 6.07) is 8.19. The number of rotatable bonds is 4. The van der Waals surface area contributed by atoms with Gasteiger partial charge in [-0.2, -0.15) is 14.6 Å². The van der Waals surface area contributed by atoms with Crippen molar-refractivity contribution in [1.29, 1.82) is 0 Å². The average molecular weight is 497 g/mol. The molecule has 0 aliphatic carbocycles. The van der Waals surface area contributed by atoms with Crippen molar-refractivity contribution in [3.05, 3.63) is 46.1 Å². The Hall–Kier alpha value is -3.07. The number of fused-ring (bicyclic) bond motifs is 2. The lowest BCUT2D eigenvalue weighted by Crippen LogP contribution is -2.38. The van der Waals surface area contributed by atoms with E-state index in [1.165, 1.54) is 0 Å². The standard InChI is InChI=1S/C23H25BrN6O2/c1-14(31)29-8-6-15(7-9-29)13-32-23-20(24)21(25)30-22(28-23)18(12-27-30)17-10-16-4-2-3-5-19(16)26-11-17/h2-5,10,12,15,26H,6-9,11,13,25H2,1H3. The highest BCUT2D eigenvalue weighted by Gasteiger charge is 2.23. The Kier molecular flexibility index (Phi) is 5.50. The number of aromatic nitrogens is 3. The average Bonchev–Trinajstić information content (AvgIpc) is 3.24. The third-order valence-corrected chi connectivity index (χ3v) is 6.96. The molecule has 4 heterocycles. The quantitative estimate of drug-likeness (QED) is 0.571. The molecule has 1 saturated heterocycles. The molecule has 0 spiro atoms. The lowest BCUT2D eigenvalue weighted by Gasteiger charge is -2.31. The molecular formula is C23H25BrN6O2. The molecule has 9 heteroatoms. The molecule has 166 valence electrons. The highest BCUT2D eigenvalue weighted by Crippen LogP contribution is 2.35. The van der Waals surface area contributed by atoms with Crippen LogP contribution in [0.15, 0.2) is 34.9 Å². The monoisotopic (exact) mass is 496 g/mol. The van der Waals surface area contributed by atoms with Gasteiger partial charge in [-0.15, -0.1) is 0 Å². The van der Waals surface area contributed by atoms with Crippen molar-refractivity contribution in [2.45, 2.75) is 19.8 Å². The fourth-order valence-electron chi connectivity index (χ4n) is 4.29. The number of likely N-dealkylation sites (tertiary alicyclic amines) is 1. The molecule has 3 aromatic rings. The zero-order valence-electron chi connectivity index (χ0n) is 17.8. The summed E-state index contributed by atoms with van der Waals surface area (Å²) in [6.45, 7) is 4.38. The Morgan fingerprint density at radius 2 is 2.09 bits per heavy atom. The van der Waals surface area contributed by atoms with Crippen LogP contribution in [0, 0.1) is 5.92 Å². The number of ether oxygens (including phenoxy) is 1. The number of hydrogen-bond acceptors (Lipinski definition) is 6. The van der Waals surface area contributed by atoms with Gasteiger partial charge in [0.05, 0.1) is 12.8 Å². The van der Waals surface area contributed by atoms with Gasteiger partial charge >= 0.3 is 0 Å². The van der Waals surface area contributed by atoms with E-state index < -0.39 is 0 Å². The molecule has 0 unspecified atom stereocenters. The van der Waals surface area contributed by atoms with Gasteiger partial charge in [0.1, 0.15) is 10.3 Å². The van der Waals surface area contributed by atoms with Crippen molar-refractivity contribution in [1.82, 2.24) is 19.5 Å². The predicted octanol–water partition coefficient (Wildman–Crippen LogP) is 3.68. The molecule has 5 rings (SSSR count). The highest BCUT2D eigenvalue weighted by atomic mass is 79.9. The zero-order valence-corrected chi connectivity index (χ0v) is 19.4. The van der Waals surface area contributed by atoms with Gasteiger partial charge in [0.2, 0.25) is 11.8 Å². The Labute approximate surface area is 194 Å². The molecule has 0 bridgehead atoms. The minimum Gasteiger partial charge on any atom is -0.476 e. The molecular weight excluding hydrogens is 472 g/mol. The van der Waals surface area contributed by atoms with Gasteiger partial charge in [0.15, 0.2) is 5.65 Å². The molecule has 1 amide bonds. The number of para-hydroxylation sites is 1. The van der Waals surface area contributed by atoms with Gasteiger partial charge in [0, 0.05) is 37.8 Å². The van der Waals surface area contributed by atoms with Crippen LogP contribution in [-0.4, -0.2) is 51.6 Å². The van der Waals surface area contributed by atoms with Gasteiger partial charge < -0.3 is 20.7 Å². The van der Waals surface area contributed by atoms with Gasteiger partial charge in [0.25, 0.3) is 0 Å². The lowest BCUT2D eigenvalue weighted by atomic mass is 9.98. The van der Waals surface area contributed by atoms with Crippen molar-refractivity contribution in [3.63, 3.8) is 0 Å². The molecule has 1 aromatic carbocycles. The largest absolute Gasteiger partial charge is 0.476 e. The number of amides is 1. The summed E-state index contributed by atoms with van der Waals surface area (Å²) in [6.07, 6.45) is 5.80. The van der Waals surface area contributed by atoms with Gasteiger partial charge in [-0.1, -0.05) is 18.2 Å². The minimum absolute atomic E-state index is 0.134. The van der Waals surface area contributed by atoms with E-state index in [1.807, 2.05) is 17.0 Å². The Balaban J connectivity index is 1.40. The maximum atomic E-state index is 11.5. The van der Waals surface area contributed by atoms with Crippen LogP contribution in [0.3, 0.4) is 0 Å². The summed E-state index contributed by atoms with van der Waals surface area (Å²) in [5, 5.41) is 7.92. The molecule has 2 aliphatic heterocycles. The van der Waals surface area contributed by atoms with E-state index in [2.05, 4.69) is 44.6 Å². The van der Waals surface area contributed by atoms with Crippen molar-refractivity contribution >= 4 is 50.6 Å². The first kappa shape index (κ1) is 20.8. The number of nitrogens with two attached hydrogens (primary N) is 1. The van der Waals surface area contributed by atoms with E-state index in [4.69, 9.17) is 15.5 Å². The number of nitrogen functional groups attached to an aromatic ring is 1. The first-order valence-electron chi connectivity index (χ1n) is 10.8. The number of carbonyl (C=O) groups excluding carboxylic acids is 1. The normalized spacial score (nSPS) is 16.4. The third-order valence-electron chi connectivity index (χ3n) is 6.21. The smallest absolute Gasteiger partial charge is 0.233 e. The second kappa shape index (κ2) is 8.46. The zero-order chi connectivity index (χ0) is 22.2. The summed E-state index contributed by atoms with van der Waals surface area (Å²) in [5.41, 5.74) is 11.3. The number of piperidine rings is 1.